The molecule has 0 amide bonds. The van der Waals surface area contributed by atoms with Gasteiger partial charge in [0.2, 0.25) is 0 Å². The Morgan fingerprint density at radius 2 is 1.83 bits per heavy atom. The lowest BCUT2D eigenvalue weighted by atomic mass is 10.2. The van der Waals surface area contributed by atoms with Crippen LogP contribution in [0, 0.1) is 6.92 Å². The average molecular weight is 168 g/mol. The van der Waals surface area contributed by atoms with Crippen LogP contribution in [0.4, 0.5) is 0 Å². The van der Waals surface area contributed by atoms with E-state index in [2.05, 4.69) is 0 Å². The molecule has 1 aromatic rings. The van der Waals surface area contributed by atoms with Gasteiger partial charge in [0.05, 0.1) is 14.2 Å². The van der Waals surface area contributed by atoms with E-state index in [0.29, 0.717) is 11.5 Å². The molecule has 3 heteroatoms. The van der Waals surface area contributed by atoms with Gasteiger partial charge < -0.3 is 14.6 Å². The number of phenols is 1. The van der Waals surface area contributed by atoms with Crippen LogP contribution in [0.1, 0.15) is 5.56 Å². The standard InChI is InChI=1S/C9H12O3/c1-6-8(11-2)5-4-7(10)9(6)12-3/h4-5,10H,1-3H3. The molecular formula is C9H12O3. The Kier molecular flexibility index (Phi) is 2.43. The fourth-order valence-corrected chi connectivity index (χ4v) is 1.14. The molecule has 12 heavy (non-hydrogen) atoms. The van der Waals surface area contributed by atoms with Crippen molar-refractivity contribution in [2.45, 2.75) is 6.92 Å². The van der Waals surface area contributed by atoms with E-state index in [-0.39, 0.29) is 5.75 Å². The molecular weight excluding hydrogens is 156 g/mol. The molecule has 0 unspecified atom stereocenters. The summed E-state index contributed by atoms with van der Waals surface area (Å²) in [6, 6.07) is 3.25. The first kappa shape index (κ1) is 8.71. The molecule has 0 atom stereocenters. The number of aromatic hydroxyl groups is 1. The van der Waals surface area contributed by atoms with E-state index in [1.807, 2.05) is 6.92 Å². The number of methoxy groups -OCH3 is 2. The average Bonchev–Trinajstić information content (AvgIpc) is 2.06. The van der Waals surface area contributed by atoms with Crippen molar-refractivity contribution < 1.29 is 14.6 Å². The summed E-state index contributed by atoms with van der Waals surface area (Å²) in [7, 11) is 3.10. The molecule has 0 aliphatic carbocycles. The summed E-state index contributed by atoms with van der Waals surface area (Å²) in [6.07, 6.45) is 0. The summed E-state index contributed by atoms with van der Waals surface area (Å²) in [4.78, 5) is 0. The van der Waals surface area contributed by atoms with Crippen molar-refractivity contribution >= 4 is 0 Å². The number of hydrogen-bond donors (Lipinski definition) is 1. The summed E-state index contributed by atoms with van der Waals surface area (Å²) in [5.41, 5.74) is 0.806. The smallest absolute Gasteiger partial charge is 0.167 e. The molecule has 0 aromatic heterocycles. The molecule has 0 fully saturated rings. The highest BCUT2D eigenvalue weighted by Gasteiger charge is 2.09. The van der Waals surface area contributed by atoms with Crippen LogP contribution < -0.4 is 9.47 Å². The first-order chi connectivity index (χ1) is 5.70. The molecule has 66 valence electrons. The summed E-state index contributed by atoms with van der Waals surface area (Å²) in [5.74, 6) is 1.31. The SMILES string of the molecule is COc1ccc(O)c(OC)c1C. The van der Waals surface area contributed by atoms with Crippen molar-refractivity contribution in [3.05, 3.63) is 17.7 Å². The van der Waals surface area contributed by atoms with Crippen LogP contribution in [-0.4, -0.2) is 19.3 Å². The van der Waals surface area contributed by atoms with E-state index in [0.717, 1.165) is 5.56 Å². The van der Waals surface area contributed by atoms with Crippen molar-refractivity contribution in [2.75, 3.05) is 14.2 Å². The second kappa shape index (κ2) is 3.34. The van der Waals surface area contributed by atoms with Crippen LogP contribution in [0.25, 0.3) is 0 Å². The highest BCUT2D eigenvalue weighted by Crippen LogP contribution is 2.35. The summed E-state index contributed by atoms with van der Waals surface area (Å²) >= 11 is 0. The predicted octanol–water partition coefficient (Wildman–Crippen LogP) is 1.72. The summed E-state index contributed by atoms with van der Waals surface area (Å²) in [6.45, 7) is 1.83. The highest BCUT2D eigenvalue weighted by atomic mass is 16.5. The number of rotatable bonds is 2. The molecule has 0 saturated heterocycles. The van der Waals surface area contributed by atoms with Crippen LogP contribution in [-0.2, 0) is 0 Å². The van der Waals surface area contributed by atoms with E-state index in [4.69, 9.17) is 9.47 Å². The Morgan fingerprint density at radius 3 is 2.33 bits per heavy atom. The lowest BCUT2D eigenvalue weighted by molar-refractivity contribution is 0.360. The number of phenolic OH excluding ortho intramolecular Hbond substituents is 1. The van der Waals surface area contributed by atoms with Gasteiger partial charge >= 0.3 is 0 Å². The van der Waals surface area contributed by atoms with E-state index >= 15 is 0 Å². The predicted molar refractivity (Wildman–Crippen MR) is 45.9 cm³/mol. The molecule has 0 heterocycles. The minimum atomic E-state index is 0.135. The maximum Gasteiger partial charge on any atom is 0.167 e. The number of benzene rings is 1. The van der Waals surface area contributed by atoms with Gasteiger partial charge in [0.1, 0.15) is 5.75 Å². The Morgan fingerprint density at radius 1 is 1.17 bits per heavy atom. The van der Waals surface area contributed by atoms with Crippen molar-refractivity contribution in [3.8, 4) is 17.2 Å². The van der Waals surface area contributed by atoms with Gasteiger partial charge in [-0.3, -0.25) is 0 Å². The molecule has 0 spiro atoms. The first-order valence-corrected chi connectivity index (χ1v) is 3.61. The van der Waals surface area contributed by atoms with Crippen LogP contribution in [0.5, 0.6) is 17.2 Å². The second-order valence-electron chi connectivity index (χ2n) is 2.45. The fourth-order valence-electron chi connectivity index (χ4n) is 1.14. The Hall–Kier alpha value is -1.38. The number of ether oxygens (including phenoxy) is 2. The van der Waals surface area contributed by atoms with Crippen molar-refractivity contribution in [1.29, 1.82) is 0 Å². The van der Waals surface area contributed by atoms with Gasteiger partial charge in [-0.2, -0.15) is 0 Å². The molecule has 3 nitrogen and oxygen atoms in total. The molecule has 0 bridgehead atoms. The minimum absolute atomic E-state index is 0.135. The van der Waals surface area contributed by atoms with Gasteiger partial charge in [-0.1, -0.05) is 0 Å². The van der Waals surface area contributed by atoms with E-state index in [1.165, 1.54) is 7.11 Å². The van der Waals surface area contributed by atoms with Gasteiger partial charge in [0.15, 0.2) is 11.5 Å². The molecule has 1 N–H and O–H groups in total. The summed E-state index contributed by atoms with van der Waals surface area (Å²) in [5, 5.41) is 9.33. The fraction of sp³-hybridized carbons (Fsp3) is 0.333. The summed E-state index contributed by atoms with van der Waals surface area (Å²) < 4.78 is 10.0. The molecule has 0 aliphatic heterocycles. The minimum Gasteiger partial charge on any atom is -0.504 e. The van der Waals surface area contributed by atoms with E-state index in [9.17, 15) is 5.11 Å². The Balaban J connectivity index is 3.24. The van der Waals surface area contributed by atoms with Gasteiger partial charge in [0, 0.05) is 5.56 Å². The topological polar surface area (TPSA) is 38.7 Å². The van der Waals surface area contributed by atoms with Gasteiger partial charge in [0.25, 0.3) is 0 Å². The van der Waals surface area contributed by atoms with Crippen LogP contribution in [0.3, 0.4) is 0 Å². The van der Waals surface area contributed by atoms with Gasteiger partial charge in [-0.25, -0.2) is 0 Å². The third kappa shape index (κ3) is 1.30. The Bertz CT molecular complexity index is 281. The second-order valence-corrected chi connectivity index (χ2v) is 2.45. The molecule has 1 aromatic carbocycles. The van der Waals surface area contributed by atoms with Crippen LogP contribution >= 0.6 is 0 Å². The lowest BCUT2D eigenvalue weighted by Crippen LogP contribution is -1.92. The van der Waals surface area contributed by atoms with Gasteiger partial charge in [-0.05, 0) is 19.1 Å². The van der Waals surface area contributed by atoms with Crippen molar-refractivity contribution in [1.82, 2.24) is 0 Å². The van der Waals surface area contributed by atoms with Crippen LogP contribution in [0.2, 0.25) is 0 Å². The maximum absolute atomic E-state index is 9.33. The molecule has 0 radical (unpaired) electrons. The monoisotopic (exact) mass is 168 g/mol. The van der Waals surface area contributed by atoms with Crippen molar-refractivity contribution in [3.63, 3.8) is 0 Å². The third-order valence-electron chi connectivity index (χ3n) is 1.76. The van der Waals surface area contributed by atoms with E-state index in [1.54, 1.807) is 19.2 Å². The lowest BCUT2D eigenvalue weighted by Gasteiger charge is -2.10. The normalized spacial score (nSPS) is 9.58. The molecule has 1 rings (SSSR count). The largest absolute Gasteiger partial charge is 0.504 e. The quantitative estimate of drug-likeness (QED) is 0.730. The molecule has 0 saturated carbocycles. The molecule has 0 aliphatic rings. The third-order valence-corrected chi connectivity index (χ3v) is 1.76. The zero-order valence-electron chi connectivity index (χ0n) is 7.42. The number of hydrogen-bond acceptors (Lipinski definition) is 3. The first-order valence-electron chi connectivity index (χ1n) is 3.61. The van der Waals surface area contributed by atoms with Crippen LogP contribution in [0.15, 0.2) is 12.1 Å². The Labute approximate surface area is 71.5 Å². The highest BCUT2D eigenvalue weighted by molar-refractivity contribution is 5.52. The zero-order chi connectivity index (χ0) is 9.14. The van der Waals surface area contributed by atoms with Crippen molar-refractivity contribution in [2.24, 2.45) is 0 Å². The van der Waals surface area contributed by atoms with E-state index < -0.39 is 0 Å². The zero-order valence-corrected chi connectivity index (χ0v) is 7.42. The maximum atomic E-state index is 9.33. The van der Waals surface area contributed by atoms with Gasteiger partial charge in [-0.15, -0.1) is 0 Å².